The van der Waals surface area contributed by atoms with Crippen LogP contribution in [-0.2, 0) is 0 Å². The fourth-order valence-electron chi connectivity index (χ4n) is 3.26. The van der Waals surface area contributed by atoms with Crippen molar-refractivity contribution in [2.45, 2.75) is 47.5 Å². The van der Waals surface area contributed by atoms with E-state index >= 15 is 0 Å². The highest BCUT2D eigenvalue weighted by Gasteiger charge is 2.24. The van der Waals surface area contributed by atoms with Crippen LogP contribution < -0.4 is 0 Å². The van der Waals surface area contributed by atoms with E-state index in [0.717, 1.165) is 39.5 Å². The summed E-state index contributed by atoms with van der Waals surface area (Å²) in [5.41, 5.74) is 14.8. The molecular formula is C19H23BFN5. The van der Waals surface area contributed by atoms with Crippen LogP contribution >= 0.6 is 0 Å². The van der Waals surface area contributed by atoms with Crippen LogP contribution in [0.3, 0.4) is 0 Å². The van der Waals surface area contributed by atoms with Crippen molar-refractivity contribution < 1.29 is 4.32 Å². The van der Waals surface area contributed by atoms with Crippen molar-refractivity contribution in [1.82, 2.24) is 4.48 Å². The smallest absolute Gasteiger partial charge is 0.348 e. The molecule has 1 aromatic rings. The van der Waals surface area contributed by atoms with Crippen molar-refractivity contribution in [3.8, 4) is 11.7 Å². The molecule has 0 aromatic carbocycles. The summed E-state index contributed by atoms with van der Waals surface area (Å²) in [6.07, 6.45) is 3.16. The van der Waals surface area contributed by atoms with Gasteiger partial charge in [-0.05, 0) is 75.4 Å². The molecule has 2 rings (SSSR count). The summed E-state index contributed by atoms with van der Waals surface area (Å²) < 4.78 is 16.5. The van der Waals surface area contributed by atoms with E-state index in [-0.39, 0.29) is 0 Å². The molecule has 134 valence electrons. The van der Waals surface area contributed by atoms with Crippen LogP contribution in [0.5, 0.6) is 0 Å². The van der Waals surface area contributed by atoms with Crippen LogP contribution in [0.4, 0.5) is 4.32 Å². The Morgan fingerprint density at radius 1 is 1.38 bits per heavy atom. The molecule has 0 N–H and O–H groups in total. The van der Waals surface area contributed by atoms with Crippen LogP contribution in [0.2, 0.25) is 0 Å². The van der Waals surface area contributed by atoms with Gasteiger partial charge < -0.3 is 4.48 Å². The molecule has 0 saturated carbocycles. The van der Waals surface area contributed by atoms with Crippen molar-refractivity contribution in [3.63, 3.8) is 0 Å². The first kappa shape index (κ1) is 19.6. The molecule has 0 fully saturated rings. The van der Waals surface area contributed by atoms with Crippen LogP contribution in [0.25, 0.3) is 16.0 Å². The first-order valence-electron chi connectivity index (χ1n) is 8.63. The van der Waals surface area contributed by atoms with Gasteiger partial charge in [-0.1, -0.05) is 10.9 Å². The number of aliphatic imine (C=N–C) groups is 1. The lowest BCUT2D eigenvalue weighted by Crippen LogP contribution is -2.21. The standard InChI is InChI=1S/C19H23BFN5/c1-13-11-15(3)24-18(13)17(5)19-14(2)12-16(4)26(19)20(21)9-7-6-8-10-23-25-22/h11-12H,6,8,10H2,1-5H3/b18-17-. The zero-order chi connectivity index (χ0) is 19.3. The lowest BCUT2D eigenvalue weighted by atomic mass is 9.86. The highest BCUT2D eigenvalue weighted by atomic mass is 19.1. The maximum absolute atomic E-state index is 14.9. The largest absolute Gasteiger partial charge is 0.551 e. The van der Waals surface area contributed by atoms with Crippen molar-refractivity contribution >= 4 is 18.4 Å². The maximum Gasteiger partial charge on any atom is 0.551 e. The molecular weight excluding hydrogens is 328 g/mol. The van der Waals surface area contributed by atoms with Crippen LogP contribution in [0.15, 0.2) is 33.5 Å². The van der Waals surface area contributed by atoms with E-state index in [1.807, 2.05) is 46.8 Å². The van der Waals surface area contributed by atoms with E-state index < -0.39 is 7.12 Å². The van der Waals surface area contributed by atoms with Crippen molar-refractivity contribution in [2.75, 3.05) is 6.54 Å². The van der Waals surface area contributed by atoms with Gasteiger partial charge in [0.25, 0.3) is 0 Å². The molecule has 1 aliphatic rings. The Hall–Kier alpha value is -2.71. The Kier molecular flexibility index (Phi) is 6.49. The summed E-state index contributed by atoms with van der Waals surface area (Å²) in [6, 6.07) is 1.97. The third-order valence-corrected chi connectivity index (χ3v) is 4.29. The summed E-state index contributed by atoms with van der Waals surface area (Å²) >= 11 is 0. The summed E-state index contributed by atoms with van der Waals surface area (Å²) in [6.45, 7) is 10.2. The number of nitrogens with zero attached hydrogens (tertiary/aromatic N) is 5. The van der Waals surface area contributed by atoms with E-state index in [0.29, 0.717) is 19.4 Å². The first-order chi connectivity index (χ1) is 12.4. The Labute approximate surface area is 154 Å². The minimum atomic E-state index is -1.43. The number of allylic oxidation sites excluding steroid dienone is 3. The highest BCUT2D eigenvalue weighted by Crippen LogP contribution is 2.31. The predicted molar refractivity (Wildman–Crippen MR) is 107 cm³/mol. The summed E-state index contributed by atoms with van der Waals surface area (Å²) in [5.74, 6) is 5.52. The normalized spacial score (nSPS) is 14.8. The van der Waals surface area contributed by atoms with Gasteiger partial charge in [0, 0.05) is 35.0 Å². The van der Waals surface area contributed by atoms with Gasteiger partial charge in [-0.3, -0.25) is 9.31 Å². The van der Waals surface area contributed by atoms with Gasteiger partial charge in [-0.15, -0.1) is 5.92 Å². The molecule has 0 atom stereocenters. The second-order valence-electron chi connectivity index (χ2n) is 6.46. The Bertz CT molecular complexity index is 904. The van der Waals surface area contributed by atoms with Gasteiger partial charge in [0.05, 0.1) is 5.70 Å². The Morgan fingerprint density at radius 2 is 2.12 bits per heavy atom. The third-order valence-electron chi connectivity index (χ3n) is 4.29. The lowest BCUT2D eigenvalue weighted by molar-refractivity contribution is 0.800. The molecule has 1 aliphatic heterocycles. The number of azide groups is 1. The molecule has 1 aromatic heterocycles. The van der Waals surface area contributed by atoms with Gasteiger partial charge in [-0.2, -0.15) is 0 Å². The third kappa shape index (κ3) is 4.28. The van der Waals surface area contributed by atoms with Gasteiger partial charge in [0.15, 0.2) is 0 Å². The molecule has 0 unspecified atom stereocenters. The lowest BCUT2D eigenvalue weighted by Gasteiger charge is -2.13. The molecule has 26 heavy (non-hydrogen) atoms. The van der Waals surface area contributed by atoms with E-state index in [4.69, 9.17) is 5.53 Å². The molecule has 0 aliphatic carbocycles. The molecule has 0 spiro atoms. The van der Waals surface area contributed by atoms with Crippen LogP contribution in [-0.4, -0.2) is 23.9 Å². The second-order valence-corrected chi connectivity index (χ2v) is 6.46. The van der Waals surface area contributed by atoms with Crippen molar-refractivity contribution in [2.24, 2.45) is 10.1 Å². The number of aromatic nitrogens is 1. The van der Waals surface area contributed by atoms with Gasteiger partial charge >= 0.3 is 7.12 Å². The maximum atomic E-state index is 14.9. The predicted octanol–water partition coefficient (Wildman–Crippen LogP) is 5.20. The molecule has 0 amide bonds. The molecule has 5 nitrogen and oxygen atoms in total. The van der Waals surface area contributed by atoms with E-state index in [2.05, 4.69) is 26.8 Å². The second kappa shape index (κ2) is 8.60. The number of halogens is 1. The molecule has 0 radical (unpaired) electrons. The number of rotatable bonds is 5. The van der Waals surface area contributed by atoms with Crippen LogP contribution in [0.1, 0.15) is 50.6 Å². The van der Waals surface area contributed by atoms with E-state index in [1.165, 1.54) is 0 Å². The minimum Gasteiger partial charge on any atom is -0.348 e. The number of hydrogen-bond acceptors (Lipinski definition) is 2. The van der Waals surface area contributed by atoms with Gasteiger partial charge in [-0.25, -0.2) is 0 Å². The molecule has 2 heterocycles. The van der Waals surface area contributed by atoms with Crippen molar-refractivity contribution in [3.05, 3.63) is 50.8 Å². The minimum absolute atomic E-state index is 0.378. The number of aryl methyl sites for hydroxylation is 2. The number of unbranched alkanes of at least 4 members (excludes halogenated alkanes) is 1. The fraction of sp³-hybridized carbons (Fsp3) is 0.421. The van der Waals surface area contributed by atoms with E-state index in [9.17, 15) is 4.32 Å². The fourth-order valence-corrected chi connectivity index (χ4v) is 3.26. The van der Waals surface area contributed by atoms with Crippen molar-refractivity contribution in [1.29, 1.82) is 0 Å². The summed E-state index contributed by atoms with van der Waals surface area (Å²) in [5, 5.41) is 3.45. The molecule has 0 saturated heterocycles. The number of hydrogen-bond donors (Lipinski definition) is 0. The first-order valence-corrected chi connectivity index (χ1v) is 8.63. The highest BCUT2D eigenvalue weighted by molar-refractivity contribution is 6.59. The van der Waals surface area contributed by atoms with Gasteiger partial charge in [0.2, 0.25) is 0 Å². The molecule has 7 heteroatoms. The van der Waals surface area contributed by atoms with E-state index in [1.54, 1.807) is 4.48 Å². The quantitative estimate of drug-likeness (QED) is 0.175. The zero-order valence-corrected chi connectivity index (χ0v) is 16.0. The summed E-state index contributed by atoms with van der Waals surface area (Å²) in [7, 11) is -1.43. The topological polar surface area (TPSA) is 66.0 Å². The van der Waals surface area contributed by atoms with Gasteiger partial charge in [0.1, 0.15) is 0 Å². The molecule has 0 bridgehead atoms. The average Bonchev–Trinajstić information content (AvgIpc) is 3.07. The zero-order valence-electron chi connectivity index (χ0n) is 16.0. The Balaban J connectivity index is 2.34. The Morgan fingerprint density at radius 3 is 2.73 bits per heavy atom. The summed E-state index contributed by atoms with van der Waals surface area (Å²) in [4.78, 5) is 7.28. The monoisotopic (exact) mass is 351 g/mol. The van der Waals surface area contributed by atoms with Crippen LogP contribution in [0, 0.1) is 25.6 Å². The SMILES string of the molecule is CC1=CC(C)=N/C1=C(/C)c1c(C)cc(C)n1B(F)C#CCCCN=[N+]=[N-]. The average molecular weight is 351 g/mol.